The first-order chi connectivity index (χ1) is 10.1. The predicted octanol–water partition coefficient (Wildman–Crippen LogP) is 4.00. The van der Waals surface area contributed by atoms with Crippen molar-refractivity contribution in [1.29, 1.82) is 0 Å². The molecule has 1 aliphatic heterocycles. The number of amides is 1. The average molecular weight is 305 g/mol. The number of halogens is 2. The molecule has 0 spiro atoms. The first-order valence-corrected chi connectivity index (χ1v) is 7.01. The number of anilines is 2. The maximum absolute atomic E-state index is 13.2. The predicted molar refractivity (Wildman–Crippen MR) is 82.2 cm³/mol. The Morgan fingerprint density at radius 3 is 2.81 bits per heavy atom. The van der Waals surface area contributed by atoms with Crippen LogP contribution in [0.15, 0.2) is 42.5 Å². The van der Waals surface area contributed by atoms with E-state index in [9.17, 15) is 9.18 Å². The van der Waals surface area contributed by atoms with E-state index in [0.717, 1.165) is 11.3 Å². The minimum absolute atomic E-state index is 0.0411. The fourth-order valence-corrected chi connectivity index (χ4v) is 2.74. The topological polar surface area (TPSA) is 32.3 Å². The van der Waals surface area contributed by atoms with Gasteiger partial charge in [0.2, 0.25) is 5.91 Å². The summed E-state index contributed by atoms with van der Waals surface area (Å²) in [6.45, 7) is 0. The molecule has 3 nitrogen and oxygen atoms in total. The van der Waals surface area contributed by atoms with Crippen molar-refractivity contribution in [2.24, 2.45) is 0 Å². The molecule has 0 saturated carbocycles. The molecule has 1 heterocycles. The van der Waals surface area contributed by atoms with Crippen molar-refractivity contribution in [3.63, 3.8) is 0 Å². The Labute approximate surface area is 127 Å². The Hall–Kier alpha value is -2.07. The number of nitrogens with zero attached hydrogens (tertiary/aromatic N) is 1. The fourth-order valence-electron chi connectivity index (χ4n) is 2.56. The van der Waals surface area contributed by atoms with Gasteiger partial charge in [0.15, 0.2) is 0 Å². The highest BCUT2D eigenvalue weighted by atomic mass is 35.5. The monoisotopic (exact) mass is 304 g/mol. The Kier molecular flexibility index (Phi) is 3.55. The van der Waals surface area contributed by atoms with Crippen LogP contribution in [-0.2, 0) is 4.79 Å². The van der Waals surface area contributed by atoms with E-state index in [4.69, 9.17) is 11.6 Å². The average Bonchev–Trinajstić information content (AvgIpc) is 2.48. The number of carbonyl (C=O) groups excluding carboxylic acids is 1. The zero-order valence-corrected chi connectivity index (χ0v) is 12.2. The molecule has 1 aliphatic rings. The lowest BCUT2D eigenvalue weighted by atomic mass is 9.96. The van der Waals surface area contributed by atoms with Crippen LogP contribution in [0.3, 0.4) is 0 Å². The van der Waals surface area contributed by atoms with Crippen molar-refractivity contribution in [3.8, 4) is 0 Å². The molecule has 0 radical (unpaired) electrons. The van der Waals surface area contributed by atoms with Crippen LogP contribution in [-0.4, -0.2) is 13.0 Å². The number of hydrogen-bond donors (Lipinski definition) is 1. The summed E-state index contributed by atoms with van der Waals surface area (Å²) in [5.74, 6) is -0.415. The molecule has 0 fully saturated rings. The maximum Gasteiger partial charge on any atom is 0.229 e. The molecule has 2 aromatic carbocycles. The van der Waals surface area contributed by atoms with E-state index in [1.165, 1.54) is 12.1 Å². The molecule has 2 aromatic rings. The molecule has 0 aromatic heterocycles. The lowest BCUT2D eigenvalue weighted by Gasteiger charge is -2.32. The molecule has 3 rings (SSSR count). The van der Waals surface area contributed by atoms with Crippen molar-refractivity contribution in [2.75, 3.05) is 17.3 Å². The summed E-state index contributed by atoms with van der Waals surface area (Å²) in [4.78, 5) is 13.7. The van der Waals surface area contributed by atoms with Crippen LogP contribution >= 0.6 is 11.6 Å². The second-order valence-electron chi connectivity index (χ2n) is 5.04. The van der Waals surface area contributed by atoms with Gasteiger partial charge in [0.25, 0.3) is 0 Å². The van der Waals surface area contributed by atoms with Crippen molar-refractivity contribution in [2.45, 2.75) is 12.5 Å². The first kappa shape index (κ1) is 13.9. The number of hydrogen-bond acceptors (Lipinski definition) is 2. The molecule has 0 aliphatic carbocycles. The highest BCUT2D eigenvalue weighted by Gasteiger charge is 2.28. The molecular formula is C16H14ClFN2O. The molecule has 0 bridgehead atoms. The summed E-state index contributed by atoms with van der Waals surface area (Å²) in [6, 6.07) is 12.1. The van der Waals surface area contributed by atoms with Gasteiger partial charge in [-0.2, -0.15) is 0 Å². The largest absolute Gasteiger partial charge is 0.378 e. The lowest BCUT2D eigenvalue weighted by Crippen LogP contribution is -2.35. The Morgan fingerprint density at radius 1 is 1.29 bits per heavy atom. The number of benzene rings is 2. The molecule has 1 unspecified atom stereocenters. The molecular weight excluding hydrogens is 291 g/mol. The van der Waals surface area contributed by atoms with E-state index in [0.29, 0.717) is 12.1 Å². The second-order valence-corrected chi connectivity index (χ2v) is 5.45. The van der Waals surface area contributed by atoms with Crippen LogP contribution in [0.2, 0.25) is 5.02 Å². The Bertz CT molecular complexity index is 704. The van der Waals surface area contributed by atoms with E-state index in [1.54, 1.807) is 18.0 Å². The molecule has 108 valence electrons. The highest BCUT2D eigenvalue weighted by Crippen LogP contribution is 2.36. The fraction of sp³-hybridized carbons (Fsp3) is 0.188. The number of carbonyl (C=O) groups is 1. The third-order valence-corrected chi connectivity index (χ3v) is 3.98. The minimum atomic E-state index is -0.456. The molecule has 1 N–H and O–H groups in total. The van der Waals surface area contributed by atoms with Gasteiger partial charge in [-0.1, -0.05) is 29.8 Å². The zero-order chi connectivity index (χ0) is 15.0. The van der Waals surface area contributed by atoms with E-state index >= 15 is 0 Å². The molecule has 1 atom stereocenters. The summed E-state index contributed by atoms with van der Waals surface area (Å²) in [6.07, 6.45) is 0.350. The van der Waals surface area contributed by atoms with Gasteiger partial charge in [0.1, 0.15) is 5.82 Å². The van der Waals surface area contributed by atoms with Crippen LogP contribution < -0.4 is 10.2 Å². The lowest BCUT2D eigenvalue weighted by molar-refractivity contribution is -0.118. The third kappa shape index (κ3) is 2.59. The van der Waals surface area contributed by atoms with Gasteiger partial charge in [-0.3, -0.25) is 4.79 Å². The highest BCUT2D eigenvalue weighted by molar-refractivity contribution is 6.31. The summed E-state index contributed by atoms with van der Waals surface area (Å²) < 4.78 is 13.2. The van der Waals surface area contributed by atoms with Crippen molar-refractivity contribution < 1.29 is 9.18 Å². The number of rotatable bonds is 2. The van der Waals surface area contributed by atoms with Crippen molar-refractivity contribution >= 4 is 28.9 Å². The van der Waals surface area contributed by atoms with E-state index in [-0.39, 0.29) is 17.0 Å². The normalized spacial score (nSPS) is 17.6. The van der Waals surface area contributed by atoms with Gasteiger partial charge in [-0.15, -0.1) is 0 Å². The van der Waals surface area contributed by atoms with Gasteiger partial charge in [-0.25, -0.2) is 4.39 Å². The summed E-state index contributed by atoms with van der Waals surface area (Å²) in [7, 11) is 1.77. The van der Waals surface area contributed by atoms with Crippen LogP contribution in [0.4, 0.5) is 15.8 Å². The maximum atomic E-state index is 13.2. The summed E-state index contributed by atoms with van der Waals surface area (Å²) >= 11 is 5.79. The van der Waals surface area contributed by atoms with Crippen LogP contribution in [0.1, 0.15) is 18.0 Å². The minimum Gasteiger partial charge on any atom is -0.378 e. The first-order valence-electron chi connectivity index (χ1n) is 6.63. The smallest absolute Gasteiger partial charge is 0.229 e. The Morgan fingerprint density at radius 2 is 2.05 bits per heavy atom. The quantitative estimate of drug-likeness (QED) is 0.909. The van der Waals surface area contributed by atoms with Crippen molar-refractivity contribution in [1.82, 2.24) is 0 Å². The van der Waals surface area contributed by atoms with Gasteiger partial charge in [-0.05, 0) is 29.8 Å². The van der Waals surface area contributed by atoms with Gasteiger partial charge >= 0.3 is 0 Å². The van der Waals surface area contributed by atoms with E-state index in [2.05, 4.69) is 5.32 Å². The molecule has 0 saturated heterocycles. The second kappa shape index (κ2) is 5.37. The Balaban J connectivity index is 1.93. The summed E-state index contributed by atoms with van der Waals surface area (Å²) in [5.41, 5.74) is 2.62. The number of para-hydroxylation sites is 1. The van der Waals surface area contributed by atoms with Gasteiger partial charge < -0.3 is 10.2 Å². The zero-order valence-electron chi connectivity index (χ0n) is 11.4. The number of nitrogens with one attached hydrogen (secondary N) is 1. The SMILES string of the molecule is CN1C(=O)CC(Nc2ccc(F)c(Cl)c2)c2ccccc21. The van der Waals surface area contributed by atoms with Crippen LogP contribution in [0, 0.1) is 5.82 Å². The molecule has 21 heavy (non-hydrogen) atoms. The van der Waals surface area contributed by atoms with E-state index in [1.807, 2.05) is 24.3 Å². The van der Waals surface area contributed by atoms with Crippen LogP contribution in [0.5, 0.6) is 0 Å². The summed E-state index contributed by atoms with van der Waals surface area (Å²) in [5, 5.41) is 3.32. The van der Waals surface area contributed by atoms with Gasteiger partial charge in [0.05, 0.1) is 17.5 Å². The van der Waals surface area contributed by atoms with E-state index < -0.39 is 5.82 Å². The molecule has 1 amide bonds. The van der Waals surface area contributed by atoms with Crippen molar-refractivity contribution in [3.05, 3.63) is 58.9 Å². The number of fused-ring (bicyclic) bond motifs is 1. The standard InChI is InChI=1S/C16H14ClFN2O/c1-20-15-5-3-2-4-11(15)14(9-16(20)21)19-10-6-7-13(18)12(17)8-10/h2-8,14,19H,9H2,1H3. The van der Waals surface area contributed by atoms with Gasteiger partial charge in [0, 0.05) is 18.4 Å². The van der Waals surface area contributed by atoms with Crippen LogP contribution in [0.25, 0.3) is 0 Å². The molecule has 5 heteroatoms. The third-order valence-electron chi connectivity index (χ3n) is 3.69.